The molecule has 2 atom stereocenters. The minimum Gasteiger partial charge on any atom is -0.393 e. The summed E-state index contributed by atoms with van der Waals surface area (Å²) in [6.07, 6.45) is 1.17. The van der Waals surface area contributed by atoms with Crippen LogP contribution in [-0.2, 0) is 4.79 Å². The summed E-state index contributed by atoms with van der Waals surface area (Å²) < 4.78 is 0. The number of anilines is 1. The summed E-state index contributed by atoms with van der Waals surface area (Å²) >= 11 is 5.87. The first-order valence-electron chi connectivity index (χ1n) is 6.94. The summed E-state index contributed by atoms with van der Waals surface area (Å²) in [7, 11) is 1.94. The van der Waals surface area contributed by atoms with E-state index >= 15 is 0 Å². The Bertz CT molecular complexity index is 461. The van der Waals surface area contributed by atoms with Crippen LogP contribution >= 0.6 is 11.6 Å². The van der Waals surface area contributed by atoms with Crippen LogP contribution in [0.15, 0.2) is 24.3 Å². The molecule has 1 aromatic carbocycles. The number of aliphatic hydroxyl groups excluding tert-OH is 1. The molecule has 5 heteroatoms. The number of amides is 1. The average molecular weight is 297 g/mol. The molecule has 4 nitrogen and oxygen atoms in total. The number of likely N-dealkylation sites (N-methyl/N-ethyl adjacent to an activating group) is 1. The lowest BCUT2D eigenvalue weighted by atomic mass is 10.2. The fourth-order valence-corrected chi connectivity index (χ4v) is 2.62. The van der Waals surface area contributed by atoms with Crippen molar-refractivity contribution in [2.24, 2.45) is 0 Å². The van der Waals surface area contributed by atoms with E-state index in [9.17, 15) is 9.90 Å². The number of carbonyl (C=O) groups excluding carboxylic acids is 1. The predicted molar refractivity (Wildman–Crippen MR) is 81.1 cm³/mol. The molecule has 20 heavy (non-hydrogen) atoms. The third-order valence-corrected chi connectivity index (χ3v) is 4.00. The maximum absolute atomic E-state index is 12.5. The van der Waals surface area contributed by atoms with Crippen molar-refractivity contribution in [1.82, 2.24) is 4.90 Å². The Balaban J connectivity index is 2.00. The van der Waals surface area contributed by atoms with Crippen molar-refractivity contribution in [3.05, 3.63) is 29.3 Å². The third-order valence-electron chi connectivity index (χ3n) is 3.75. The van der Waals surface area contributed by atoms with Crippen molar-refractivity contribution in [3.63, 3.8) is 0 Å². The maximum atomic E-state index is 12.5. The highest BCUT2D eigenvalue weighted by Crippen LogP contribution is 2.25. The molecule has 1 N–H and O–H groups in total. The van der Waals surface area contributed by atoms with Crippen LogP contribution in [-0.4, -0.2) is 48.2 Å². The van der Waals surface area contributed by atoms with Crippen molar-refractivity contribution in [3.8, 4) is 0 Å². The van der Waals surface area contributed by atoms with Gasteiger partial charge in [-0.25, -0.2) is 0 Å². The van der Waals surface area contributed by atoms with Crippen molar-refractivity contribution in [1.29, 1.82) is 0 Å². The molecule has 1 aliphatic rings. The summed E-state index contributed by atoms with van der Waals surface area (Å²) in [6.45, 7) is 3.22. The molecule has 0 saturated carbocycles. The monoisotopic (exact) mass is 296 g/mol. The van der Waals surface area contributed by atoms with Gasteiger partial charge in [0.25, 0.3) is 0 Å². The quantitative estimate of drug-likeness (QED) is 0.905. The van der Waals surface area contributed by atoms with E-state index in [4.69, 9.17) is 11.6 Å². The summed E-state index contributed by atoms with van der Waals surface area (Å²) in [5.74, 6) is 0.125. The second-order valence-corrected chi connectivity index (χ2v) is 5.83. The van der Waals surface area contributed by atoms with Crippen LogP contribution in [0.25, 0.3) is 0 Å². The molecule has 1 heterocycles. The van der Waals surface area contributed by atoms with Gasteiger partial charge in [-0.15, -0.1) is 0 Å². The van der Waals surface area contributed by atoms with Crippen molar-refractivity contribution in [2.45, 2.75) is 31.9 Å². The normalized spacial score (nSPS) is 20.8. The van der Waals surface area contributed by atoms with Gasteiger partial charge in [0.1, 0.15) is 0 Å². The van der Waals surface area contributed by atoms with Crippen LogP contribution in [0.4, 0.5) is 5.69 Å². The fourth-order valence-electron chi connectivity index (χ4n) is 2.50. The Kier molecular flexibility index (Phi) is 5.02. The molecule has 2 rings (SSSR count). The second kappa shape index (κ2) is 6.57. The van der Waals surface area contributed by atoms with Crippen molar-refractivity contribution >= 4 is 23.2 Å². The summed E-state index contributed by atoms with van der Waals surface area (Å²) in [6, 6.07) is 7.25. The molecule has 0 bridgehead atoms. The third kappa shape index (κ3) is 3.51. The minimum atomic E-state index is -0.332. The molecule has 1 aliphatic heterocycles. The van der Waals surface area contributed by atoms with Crippen molar-refractivity contribution in [2.75, 3.05) is 25.0 Å². The molecule has 0 aromatic heterocycles. The zero-order valence-electron chi connectivity index (χ0n) is 11.9. The molecule has 110 valence electrons. The lowest BCUT2D eigenvalue weighted by Gasteiger charge is -2.24. The predicted octanol–water partition coefficient (Wildman–Crippen LogP) is 2.15. The van der Waals surface area contributed by atoms with Crippen molar-refractivity contribution < 1.29 is 9.90 Å². The first-order chi connectivity index (χ1) is 9.49. The molecule has 1 saturated heterocycles. The molecular formula is C15H21ClN2O2. The second-order valence-electron chi connectivity index (χ2n) is 5.39. The minimum absolute atomic E-state index is 0.0931. The van der Waals surface area contributed by atoms with Gasteiger partial charge in [-0.05, 0) is 51.1 Å². The van der Waals surface area contributed by atoms with Gasteiger partial charge in [0.2, 0.25) is 5.91 Å². The van der Waals surface area contributed by atoms with E-state index in [1.165, 1.54) is 0 Å². The highest BCUT2D eigenvalue weighted by atomic mass is 35.5. The Morgan fingerprint density at radius 1 is 1.45 bits per heavy atom. The number of rotatable bonds is 5. The molecule has 0 radical (unpaired) electrons. The largest absolute Gasteiger partial charge is 0.393 e. The number of aliphatic hydroxyl groups is 1. The van der Waals surface area contributed by atoms with Crippen LogP contribution in [0.1, 0.15) is 19.8 Å². The molecule has 1 amide bonds. The van der Waals surface area contributed by atoms with Gasteiger partial charge in [-0.1, -0.05) is 11.6 Å². The average Bonchev–Trinajstić information content (AvgIpc) is 2.79. The molecular weight excluding hydrogens is 276 g/mol. The Labute approximate surface area is 124 Å². The molecule has 0 aliphatic carbocycles. The van der Waals surface area contributed by atoms with Crippen LogP contribution in [0.2, 0.25) is 5.02 Å². The zero-order valence-corrected chi connectivity index (χ0v) is 12.7. The molecule has 2 unspecified atom stereocenters. The van der Waals surface area contributed by atoms with Crippen LogP contribution < -0.4 is 4.90 Å². The highest BCUT2D eigenvalue weighted by molar-refractivity contribution is 6.30. The molecule has 0 spiro atoms. The van der Waals surface area contributed by atoms with Gasteiger partial charge in [0.15, 0.2) is 0 Å². The first-order valence-corrected chi connectivity index (χ1v) is 7.32. The van der Waals surface area contributed by atoms with Gasteiger partial charge in [0, 0.05) is 23.8 Å². The Hall–Kier alpha value is -1.10. The van der Waals surface area contributed by atoms with Gasteiger partial charge >= 0.3 is 0 Å². The van der Waals surface area contributed by atoms with E-state index in [1.54, 1.807) is 24.0 Å². The number of hydrogen-bond donors (Lipinski definition) is 1. The lowest BCUT2D eigenvalue weighted by Crippen LogP contribution is -2.40. The van der Waals surface area contributed by atoms with Gasteiger partial charge in [-0.2, -0.15) is 0 Å². The van der Waals surface area contributed by atoms with E-state index < -0.39 is 0 Å². The maximum Gasteiger partial charge on any atom is 0.244 e. The SMILES string of the molecule is CC(O)CCN(C)C1CCN(c2ccc(Cl)cc2)C1=O. The molecule has 1 aromatic rings. The van der Waals surface area contributed by atoms with Gasteiger partial charge in [0.05, 0.1) is 12.1 Å². The van der Waals surface area contributed by atoms with Crippen LogP contribution in [0, 0.1) is 0 Å². The highest BCUT2D eigenvalue weighted by Gasteiger charge is 2.34. The first kappa shape index (κ1) is 15.3. The summed E-state index contributed by atoms with van der Waals surface area (Å²) in [5, 5.41) is 10.0. The van der Waals surface area contributed by atoms with Gasteiger partial charge in [-0.3, -0.25) is 9.69 Å². The fraction of sp³-hybridized carbons (Fsp3) is 0.533. The summed E-state index contributed by atoms with van der Waals surface area (Å²) in [4.78, 5) is 16.3. The van der Waals surface area contributed by atoms with Crippen LogP contribution in [0.5, 0.6) is 0 Å². The number of nitrogens with zero attached hydrogens (tertiary/aromatic N) is 2. The zero-order chi connectivity index (χ0) is 14.7. The Morgan fingerprint density at radius 2 is 2.10 bits per heavy atom. The number of halogens is 1. The van der Waals surface area contributed by atoms with E-state index in [0.29, 0.717) is 11.4 Å². The number of carbonyl (C=O) groups is 1. The van der Waals surface area contributed by atoms with E-state index in [-0.39, 0.29) is 18.1 Å². The van der Waals surface area contributed by atoms with Gasteiger partial charge < -0.3 is 10.0 Å². The topological polar surface area (TPSA) is 43.8 Å². The Morgan fingerprint density at radius 3 is 2.70 bits per heavy atom. The van der Waals surface area contributed by atoms with E-state index in [2.05, 4.69) is 0 Å². The van der Waals surface area contributed by atoms with E-state index in [1.807, 2.05) is 24.1 Å². The molecule has 1 fully saturated rings. The number of hydrogen-bond acceptors (Lipinski definition) is 3. The summed E-state index contributed by atoms with van der Waals surface area (Å²) in [5.41, 5.74) is 0.894. The number of benzene rings is 1. The standard InChI is InChI=1S/C15H21ClN2O2/c1-11(19)7-9-17(2)14-8-10-18(15(14)20)13-5-3-12(16)4-6-13/h3-6,11,14,19H,7-10H2,1-2H3. The lowest BCUT2D eigenvalue weighted by molar-refractivity contribution is -0.121. The van der Waals surface area contributed by atoms with E-state index in [0.717, 1.165) is 25.2 Å². The smallest absolute Gasteiger partial charge is 0.244 e. The van der Waals surface area contributed by atoms with Crippen LogP contribution in [0.3, 0.4) is 0 Å².